The average molecular weight is 353 g/mol. The number of aromatic nitrogens is 3. The minimum Gasteiger partial charge on any atom is -0.267 e. The fraction of sp³-hybridized carbons (Fsp3) is 0. The predicted molar refractivity (Wildman–Crippen MR) is 104 cm³/mol. The van der Waals surface area contributed by atoms with Crippen molar-refractivity contribution in [3.8, 4) is 11.3 Å². The molecule has 0 saturated heterocycles. The summed E-state index contributed by atoms with van der Waals surface area (Å²) < 4.78 is 0. The highest BCUT2D eigenvalue weighted by atomic mass is 16.2. The summed E-state index contributed by atoms with van der Waals surface area (Å²) in [5.74, 6) is -0.302. The van der Waals surface area contributed by atoms with E-state index in [1.54, 1.807) is 43.1 Å². The van der Waals surface area contributed by atoms with Crippen LogP contribution in [0.2, 0.25) is 0 Å². The monoisotopic (exact) mass is 353 g/mol. The van der Waals surface area contributed by atoms with Crippen molar-refractivity contribution in [2.24, 2.45) is 5.10 Å². The molecule has 0 aliphatic rings. The number of fused-ring (bicyclic) bond motifs is 1. The molecule has 0 atom stereocenters. The molecule has 1 aromatic carbocycles. The van der Waals surface area contributed by atoms with Gasteiger partial charge in [-0.15, -0.1) is 0 Å². The van der Waals surface area contributed by atoms with Gasteiger partial charge in [0.1, 0.15) is 0 Å². The fourth-order valence-electron chi connectivity index (χ4n) is 2.71. The first-order chi connectivity index (χ1) is 13.3. The third-order valence-electron chi connectivity index (χ3n) is 4.00. The number of nitrogens with one attached hydrogen (secondary N) is 1. The van der Waals surface area contributed by atoms with Crippen LogP contribution >= 0.6 is 0 Å². The minimum absolute atomic E-state index is 0.302. The molecule has 0 aliphatic carbocycles. The Kier molecular flexibility index (Phi) is 4.61. The molecule has 3 heterocycles. The van der Waals surface area contributed by atoms with Crippen molar-refractivity contribution in [1.29, 1.82) is 0 Å². The number of hydrazone groups is 1. The SMILES string of the molecule is O=C(NN=Cc1cccnc1)c1cc(-c2ccncc2)nc2ccccc12. The number of rotatable bonds is 4. The molecule has 0 saturated carbocycles. The molecule has 27 heavy (non-hydrogen) atoms. The molecular formula is C21H15N5O. The van der Waals surface area contributed by atoms with Crippen molar-refractivity contribution in [2.75, 3.05) is 0 Å². The summed E-state index contributed by atoms with van der Waals surface area (Å²) >= 11 is 0. The van der Waals surface area contributed by atoms with Gasteiger partial charge in [-0.1, -0.05) is 24.3 Å². The molecule has 0 aliphatic heterocycles. The Morgan fingerprint density at radius 3 is 2.63 bits per heavy atom. The van der Waals surface area contributed by atoms with Crippen LogP contribution in [0.15, 0.2) is 84.5 Å². The zero-order valence-electron chi connectivity index (χ0n) is 14.3. The Labute approximate surface area is 155 Å². The van der Waals surface area contributed by atoms with E-state index in [2.05, 4.69) is 25.5 Å². The Balaban J connectivity index is 1.69. The lowest BCUT2D eigenvalue weighted by molar-refractivity contribution is 0.0956. The van der Waals surface area contributed by atoms with E-state index in [0.717, 1.165) is 22.0 Å². The highest BCUT2D eigenvalue weighted by Crippen LogP contribution is 2.24. The van der Waals surface area contributed by atoms with Gasteiger partial charge in [0.15, 0.2) is 0 Å². The smallest absolute Gasteiger partial charge is 0.267 e. The predicted octanol–water partition coefficient (Wildman–Crippen LogP) is 3.46. The molecule has 0 bridgehead atoms. The van der Waals surface area contributed by atoms with Crippen molar-refractivity contribution in [3.05, 3.63) is 90.5 Å². The maximum Gasteiger partial charge on any atom is 0.272 e. The molecule has 6 nitrogen and oxygen atoms in total. The first-order valence-corrected chi connectivity index (χ1v) is 8.35. The molecule has 1 N–H and O–H groups in total. The van der Waals surface area contributed by atoms with Crippen LogP contribution in [0.25, 0.3) is 22.2 Å². The van der Waals surface area contributed by atoms with E-state index >= 15 is 0 Å². The van der Waals surface area contributed by atoms with E-state index in [-0.39, 0.29) is 5.91 Å². The zero-order chi connectivity index (χ0) is 18.5. The van der Waals surface area contributed by atoms with Crippen molar-refractivity contribution < 1.29 is 4.79 Å². The Morgan fingerprint density at radius 2 is 1.81 bits per heavy atom. The van der Waals surface area contributed by atoms with E-state index < -0.39 is 0 Å². The largest absolute Gasteiger partial charge is 0.272 e. The zero-order valence-corrected chi connectivity index (χ0v) is 14.3. The number of amides is 1. The number of benzene rings is 1. The van der Waals surface area contributed by atoms with Crippen molar-refractivity contribution in [1.82, 2.24) is 20.4 Å². The van der Waals surface area contributed by atoms with Gasteiger partial charge in [-0.25, -0.2) is 10.4 Å². The summed E-state index contributed by atoms with van der Waals surface area (Å²) in [4.78, 5) is 25.5. The lowest BCUT2D eigenvalue weighted by Crippen LogP contribution is -2.18. The van der Waals surface area contributed by atoms with Crippen molar-refractivity contribution in [2.45, 2.75) is 0 Å². The van der Waals surface area contributed by atoms with Gasteiger partial charge in [0.25, 0.3) is 5.91 Å². The first-order valence-electron chi connectivity index (χ1n) is 8.35. The quantitative estimate of drug-likeness (QED) is 0.450. The molecule has 0 unspecified atom stereocenters. The van der Waals surface area contributed by atoms with Crippen LogP contribution in [0.3, 0.4) is 0 Å². The van der Waals surface area contributed by atoms with Crippen LogP contribution in [-0.2, 0) is 0 Å². The van der Waals surface area contributed by atoms with Crippen LogP contribution < -0.4 is 5.43 Å². The summed E-state index contributed by atoms with van der Waals surface area (Å²) in [7, 11) is 0. The molecular weight excluding hydrogens is 338 g/mol. The Morgan fingerprint density at radius 1 is 0.963 bits per heavy atom. The molecule has 0 spiro atoms. The van der Waals surface area contributed by atoms with Gasteiger partial charge in [-0.05, 0) is 30.3 Å². The normalized spacial score (nSPS) is 11.0. The number of carbonyl (C=O) groups excluding carboxylic acids is 1. The molecule has 4 aromatic rings. The van der Waals surface area contributed by atoms with Gasteiger partial charge in [-0.3, -0.25) is 14.8 Å². The average Bonchev–Trinajstić information content (AvgIpc) is 2.74. The second-order valence-corrected chi connectivity index (χ2v) is 5.79. The summed E-state index contributed by atoms with van der Waals surface area (Å²) in [6.45, 7) is 0. The molecule has 1 amide bonds. The van der Waals surface area contributed by atoms with E-state index in [1.165, 1.54) is 0 Å². The molecule has 4 rings (SSSR count). The highest BCUT2D eigenvalue weighted by Gasteiger charge is 2.13. The molecule has 0 fully saturated rings. The van der Waals surface area contributed by atoms with Gasteiger partial charge < -0.3 is 0 Å². The summed E-state index contributed by atoms with van der Waals surface area (Å²) in [5.41, 5.74) is 6.23. The number of pyridine rings is 3. The molecule has 130 valence electrons. The molecule has 6 heteroatoms. The highest BCUT2D eigenvalue weighted by molar-refractivity contribution is 6.07. The topological polar surface area (TPSA) is 80.1 Å². The fourth-order valence-corrected chi connectivity index (χ4v) is 2.71. The number of nitrogens with zero attached hydrogens (tertiary/aromatic N) is 4. The summed E-state index contributed by atoms with van der Waals surface area (Å²) in [5, 5.41) is 4.80. The van der Waals surface area contributed by atoms with Gasteiger partial charge in [-0.2, -0.15) is 5.10 Å². The van der Waals surface area contributed by atoms with Gasteiger partial charge in [0.05, 0.1) is 23.0 Å². The lowest BCUT2D eigenvalue weighted by Gasteiger charge is -2.08. The van der Waals surface area contributed by atoms with E-state index in [9.17, 15) is 4.79 Å². The second-order valence-electron chi connectivity index (χ2n) is 5.79. The van der Waals surface area contributed by atoms with Crippen LogP contribution in [0.1, 0.15) is 15.9 Å². The van der Waals surface area contributed by atoms with E-state index in [1.807, 2.05) is 42.5 Å². The maximum atomic E-state index is 12.8. The Bertz CT molecular complexity index is 1110. The maximum absolute atomic E-state index is 12.8. The molecule has 0 radical (unpaired) electrons. The van der Waals surface area contributed by atoms with Crippen LogP contribution in [0, 0.1) is 0 Å². The van der Waals surface area contributed by atoms with Crippen molar-refractivity contribution >= 4 is 23.0 Å². The van der Waals surface area contributed by atoms with Gasteiger partial charge in [0.2, 0.25) is 0 Å². The van der Waals surface area contributed by atoms with E-state index in [0.29, 0.717) is 11.3 Å². The second kappa shape index (κ2) is 7.53. The molecule has 3 aromatic heterocycles. The first kappa shape index (κ1) is 16.5. The number of para-hydroxylation sites is 1. The summed E-state index contributed by atoms with van der Waals surface area (Å²) in [6.07, 6.45) is 8.30. The minimum atomic E-state index is -0.302. The van der Waals surface area contributed by atoms with Gasteiger partial charge in [0, 0.05) is 41.3 Å². The third-order valence-corrected chi connectivity index (χ3v) is 4.00. The van der Waals surface area contributed by atoms with Crippen LogP contribution in [0.4, 0.5) is 0 Å². The van der Waals surface area contributed by atoms with Crippen LogP contribution in [0.5, 0.6) is 0 Å². The lowest BCUT2D eigenvalue weighted by atomic mass is 10.0. The number of hydrogen-bond acceptors (Lipinski definition) is 5. The number of hydrogen-bond donors (Lipinski definition) is 1. The third kappa shape index (κ3) is 3.69. The standard InChI is InChI=1S/C21H15N5O/c27-21(26-24-14-15-4-3-9-23-13-15)18-12-20(16-7-10-22-11-8-16)25-19-6-2-1-5-17(18)19/h1-14H,(H,26,27). The summed E-state index contributed by atoms with van der Waals surface area (Å²) in [6, 6.07) is 16.7. The van der Waals surface area contributed by atoms with Crippen LogP contribution in [-0.4, -0.2) is 27.1 Å². The Hall–Kier alpha value is -3.93. The van der Waals surface area contributed by atoms with Crippen molar-refractivity contribution in [3.63, 3.8) is 0 Å². The van der Waals surface area contributed by atoms with E-state index in [4.69, 9.17) is 0 Å². The van der Waals surface area contributed by atoms with Gasteiger partial charge >= 0.3 is 0 Å². The number of carbonyl (C=O) groups is 1.